The Bertz CT molecular complexity index is 1240. The van der Waals surface area contributed by atoms with E-state index in [9.17, 15) is 9.59 Å². The molecule has 1 aromatic heterocycles. The zero-order valence-corrected chi connectivity index (χ0v) is 17.0. The molecule has 0 radical (unpaired) electrons. The molecule has 6 heteroatoms. The molecule has 4 rings (SSSR count). The highest BCUT2D eigenvalue weighted by Crippen LogP contribution is 2.19. The Hall–Kier alpha value is -4.19. The van der Waals surface area contributed by atoms with E-state index in [1.165, 1.54) is 6.26 Å². The summed E-state index contributed by atoms with van der Waals surface area (Å²) in [5.74, 6) is -0.252. The Morgan fingerprint density at radius 2 is 1.68 bits per heavy atom. The maximum atomic E-state index is 12.4. The van der Waals surface area contributed by atoms with E-state index in [1.54, 1.807) is 24.3 Å². The second-order valence-electron chi connectivity index (χ2n) is 7.06. The first-order valence-corrected chi connectivity index (χ1v) is 9.85. The summed E-state index contributed by atoms with van der Waals surface area (Å²) >= 11 is 0. The smallest absolute Gasteiger partial charge is 0.291 e. The van der Waals surface area contributed by atoms with Crippen molar-refractivity contribution in [1.29, 1.82) is 0 Å². The van der Waals surface area contributed by atoms with Crippen molar-refractivity contribution in [2.24, 2.45) is 5.10 Å². The molecule has 0 spiro atoms. The second-order valence-corrected chi connectivity index (χ2v) is 7.06. The van der Waals surface area contributed by atoms with Crippen LogP contribution in [-0.4, -0.2) is 17.5 Å². The first-order chi connectivity index (χ1) is 15.1. The number of rotatable bonds is 6. The number of carbonyl (C=O) groups is 2. The number of hydrogen-bond acceptors (Lipinski definition) is 4. The third-order valence-corrected chi connectivity index (χ3v) is 4.88. The summed E-state index contributed by atoms with van der Waals surface area (Å²) in [5.41, 5.74) is 5.72. The van der Waals surface area contributed by atoms with Gasteiger partial charge in [-0.05, 0) is 53.1 Å². The van der Waals surface area contributed by atoms with E-state index in [4.69, 9.17) is 4.42 Å². The van der Waals surface area contributed by atoms with Gasteiger partial charge < -0.3 is 9.73 Å². The second kappa shape index (κ2) is 9.09. The Balaban J connectivity index is 1.37. The van der Waals surface area contributed by atoms with E-state index in [2.05, 4.69) is 15.8 Å². The summed E-state index contributed by atoms with van der Waals surface area (Å²) in [7, 11) is 0. The van der Waals surface area contributed by atoms with Gasteiger partial charge in [0.2, 0.25) is 5.91 Å². The molecule has 0 aliphatic heterocycles. The van der Waals surface area contributed by atoms with E-state index in [1.807, 2.05) is 61.5 Å². The van der Waals surface area contributed by atoms with Gasteiger partial charge in [-0.1, -0.05) is 54.6 Å². The summed E-state index contributed by atoms with van der Waals surface area (Å²) in [4.78, 5) is 24.4. The first-order valence-electron chi connectivity index (χ1n) is 9.85. The molecule has 0 fully saturated rings. The topological polar surface area (TPSA) is 83.7 Å². The number of amides is 2. The van der Waals surface area contributed by atoms with Gasteiger partial charge >= 0.3 is 0 Å². The summed E-state index contributed by atoms with van der Waals surface area (Å²) < 4.78 is 5.08. The van der Waals surface area contributed by atoms with Crippen molar-refractivity contribution in [3.05, 3.63) is 102 Å². The summed E-state index contributed by atoms with van der Waals surface area (Å²) in [6.07, 6.45) is 1.70. The van der Waals surface area contributed by atoms with Gasteiger partial charge in [0.15, 0.2) is 5.76 Å². The molecule has 4 aromatic rings. The highest BCUT2D eigenvalue weighted by atomic mass is 16.3. The van der Waals surface area contributed by atoms with Crippen molar-refractivity contribution >= 4 is 34.0 Å². The highest BCUT2D eigenvalue weighted by molar-refractivity contribution is 6.03. The van der Waals surface area contributed by atoms with Crippen molar-refractivity contribution in [3.63, 3.8) is 0 Å². The van der Waals surface area contributed by atoms with Gasteiger partial charge in [0.05, 0.1) is 18.4 Å². The Kier molecular flexibility index (Phi) is 5.89. The maximum absolute atomic E-state index is 12.4. The molecule has 6 nitrogen and oxygen atoms in total. The Morgan fingerprint density at radius 3 is 2.45 bits per heavy atom. The minimum atomic E-state index is -0.316. The quantitative estimate of drug-likeness (QED) is 0.354. The monoisotopic (exact) mass is 411 g/mol. The van der Waals surface area contributed by atoms with Gasteiger partial charge in [0.25, 0.3) is 5.91 Å². The lowest BCUT2D eigenvalue weighted by Gasteiger charge is -2.07. The predicted molar refractivity (Wildman–Crippen MR) is 121 cm³/mol. The number of nitrogens with zero attached hydrogens (tertiary/aromatic N) is 1. The zero-order chi connectivity index (χ0) is 21.6. The Morgan fingerprint density at radius 1 is 0.903 bits per heavy atom. The molecule has 0 saturated heterocycles. The van der Waals surface area contributed by atoms with Crippen molar-refractivity contribution in [2.75, 3.05) is 5.32 Å². The van der Waals surface area contributed by atoms with Crippen LogP contribution < -0.4 is 10.7 Å². The third-order valence-electron chi connectivity index (χ3n) is 4.88. The average molecular weight is 411 g/mol. The largest absolute Gasteiger partial charge is 0.459 e. The van der Waals surface area contributed by atoms with Gasteiger partial charge in [-0.15, -0.1) is 0 Å². The van der Waals surface area contributed by atoms with E-state index in [0.717, 1.165) is 21.9 Å². The van der Waals surface area contributed by atoms with Crippen molar-refractivity contribution < 1.29 is 14.0 Å². The molecule has 0 unspecified atom stereocenters. The number of hydrogen-bond donors (Lipinski definition) is 2. The molecule has 31 heavy (non-hydrogen) atoms. The number of furan rings is 1. The van der Waals surface area contributed by atoms with Gasteiger partial charge in [-0.3, -0.25) is 9.59 Å². The lowest BCUT2D eigenvalue weighted by Crippen LogP contribution is -2.21. The van der Waals surface area contributed by atoms with E-state index in [0.29, 0.717) is 11.4 Å². The number of hydrazone groups is 1. The summed E-state index contributed by atoms with van der Waals surface area (Å²) in [6, 6.07) is 24.4. The van der Waals surface area contributed by atoms with Crippen LogP contribution in [0, 0.1) is 0 Å². The van der Waals surface area contributed by atoms with Gasteiger partial charge in [0, 0.05) is 5.69 Å². The molecule has 3 aromatic carbocycles. The molecular formula is C25H21N3O3. The third kappa shape index (κ3) is 4.87. The molecule has 0 bridgehead atoms. The minimum Gasteiger partial charge on any atom is -0.459 e. The molecule has 2 N–H and O–H groups in total. The molecular weight excluding hydrogens is 390 g/mol. The number of nitrogens with one attached hydrogen (secondary N) is 2. The fraction of sp³-hybridized carbons (Fsp3) is 0.0800. The van der Waals surface area contributed by atoms with Crippen LogP contribution in [0.5, 0.6) is 0 Å². The molecule has 0 aliphatic rings. The average Bonchev–Trinajstić information content (AvgIpc) is 3.33. The van der Waals surface area contributed by atoms with Crippen LogP contribution in [0.4, 0.5) is 5.69 Å². The molecule has 154 valence electrons. The number of anilines is 1. The van der Waals surface area contributed by atoms with Crippen LogP contribution in [0.2, 0.25) is 0 Å². The Labute approximate surface area is 179 Å². The number of benzene rings is 3. The van der Waals surface area contributed by atoms with E-state index in [-0.39, 0.29) is 24.0 Å². The SMILES string of the molecule is C/C(=N/NC(=O)Cc1cccc2ccccc12)c1ccc(NC(=O)c2ccco2)cc1. The molecule has 0 atom stereocenters. The van der Waals surface area contributed by atoms with Crippen molar-refractivity contribution in [2.45, 2.75) is 13.3 Å². The zero-order valence-electron chi connectivity index (χ0n) is 17.0. The molecule has 0 aliphatic carbocycles. The fourth-order valence-corrected chi connectivity index (χ4v) is 3.27. The summed E-state index contributed by atoms with van der Waals surface area (Å²) in [5, 5.41) is 9.14. The molecule has 0 saturated carbocycles. The van der Waals surface area contributed by atoms with Crippen LogP contribution in [0.3, 0.4) is 0 Å². The lowest BCUT2D eigenvalue weighted by molar-refractivity contribution is -0.120. The predicted octanol–water partition coefficient (Wildman–Crippen LogP) is 4.77. The van der Waals surface area contributed by atoms with Gasteiger partial charge in [0.1, 0.15) is 0 Å². The molecule has 2 amide bonds. The van der Waals surface area contributed by atoms with E-state index < -0.39 is 0 Å². The van der Waals surface area contributed by atoms with Crippen LogP contribution >= 0.6 is 0 Å². The standard InChI is InChI=1S/C25H21N3O3/c1-17(18-11-13-21(14-12-18)26-25(30)23-10-5-15-31-23)27-28-24(29)16-20-8-4-7-19-6-2-3-9-22(19)20/h2-15H,16H2,1H3,(H,26,30)(H,28,29)/b27-17-. The van der Waals surface area contributed by atoms with Crippen LogP contribution in [0.25, 0.3) is 10.8 Å². The molecule has 1 heterocycles. The van der Waals surface area contributed by atoms with Gasteiger partial charge in [-0.25, -0.2) is 5.43 Å². The van der Waals surface area contributed by atoms with Crippen LogP contribution in [0.1, 0.15) is 28.6 Å². The number of fused-ring (bicyclic) bond motifs is 1. The minimum absolute atomic E-state index is 0.182. The normalized spacial score (nSPS) is 11.3. The van der Waals surface area contributed by atoms with Crippen LogP contribution in [0.15, 0.2) is 94.6 Å². The first kappa shape index (κ1) is 20.1. The van der Waals surface area contributed by atoms with Crippen molar-refractivity contribution in [3.8, 4) is 0 Å². The van der Waals surface area contributed by atoms with Crippen molar-refractivity contribution in [1.82, 2.24) is 5.43 Å². The lowest BCUT2D eigenvalue weighted by atomic mass is 10.0. The fourth-order valence-electron chi connectivity index (χ4n) is 3.27. The number of carbonyl (C=O) groups excluding carboxylic acids is 2. The van der Waals surface area contributed by atoms with E-state index >= 15 is 0 Å². The van der Waals surface area contributed by atoms with Gasteiger partial charge in [-0.2, -0.15) is 5.10 Å². The summed E-state index contributed by atoms with van der Waals surface area (Å²) in [6.45, 7) is 1.81. The highest BCUT2D eigenvalue weighted by Gasteiger charge is 2.09. The maximum Gasteiger partial charge on any atom is 0.291 e. The van der Waals surface area contributed by atoms with Crippen LogP contribution in [-0.2, 0) is 11.2 Å².